The van der Waals surface area contributed by atoms with E-state index in [1.165, 1.54) is 15.4 Å². The number of rotatable bonds is 3. The van der Waals surface area contributed by atoms with E-state index in [0.29, 0.717) is 0 Å². The van der Waals surface area contributed by atoms with E-state index in [9.17, 15) is 0 Å². The summed E-state index contributed by atoms with van der Waals surface area (Å²) >= 11 is 1.81. The smallest absolute Gasteiger partial charge is 0.0122 e. The van der Waals surface area contributed by atoms with E-state index in [-0.39, 0.29) is 0 Å². The van der Waals surface area contributed by atoms with Crippen LogP contribution in [0.1, 0.15) is 26.3 Å². The largest absolute Gasteiger partial charge is 0.0901 e. The van der Waals surface area contributed by atoms with Crippen molar-refractivity contribution in [1.29, 1.82) is 0 Å². The molecule has 0 atom stereocenters. The highest BCUT2D eigenvalue weighted by Gasteiger charge is 1.96. The molecule has 1 heteroatoms. The minimum Gasteiger partial charge on any atom is -0.0901 e. The maximum absolute atomic E-state index is 2.20. The van der Waals surface area contributed by atoms with Crippen LogP contribution in [0.15, 0.2) is 64.4 Å². The molecule has 0 bridgehead atoms. The van der Waals surface area contributed by atoms with Gasteiger partial charge in [-0.05, 0) is 36.2 Å². The third-order valence-electron chi connectivity index (χ3n) is 2.31. The molecule has 2 rings (SSSR count). The number of hydrogen-bond acceptors (Lipinski definition) is 1. The summed E-state index contributed by atoms with van der Waals surface area (Å²) in [4.78, 5) is 2.60. The molecule has 0 fully saturated rings. The molecule has 0 aliphatic rings. The summed E-state index contributed by atoms with van der Waals surface area (Å²) in [6.07, 6.45) is 1.11. The summed E-state index contributed by atoms with van der Waals surface area (Å²) in [7, 11) is 0. The van der Waals surface area contributed by atoms with Gasteiger partial charge in [0.05, 0.1) is 0 Å². The van der Waals surface area contributed by atoms with Gasteiger partial charge < -0.3 is 0 Å². The van der Waals surface area contributed by atoms with Gasteiger partial charge in [0.1, 0.15) is 0 Å². The highest BCUT2D eigenvalue weighted by atomic mass is 32.2. The zero-order valence-electron chi connectivity index (χ0n) is 10.8. The van der Waals surface area contributed by atoms with Crippen LogP contribution in [0.25, 0.3) is 0 Å². The van der Waals surface area contributed by atoms with Crippen molar-refractivity contribution >= 4 is 11.8 Å². The van der Waals surface area contributed by atoms with E-state index in [2.05, 4.69) is 55.5 Å². The standard InChI is InChI=1S/C14H14S.C2H6/c1-2-12-8-10-14(11-9-12)15-13-6-4-3-5-7-13;1-2/h3-11H,2H2,1H3;1-2H3. The summed E-state index contributed by atoms with van der Waals surface area (Å²) in [5, 5.41) is 0. The lowest BCUT2D eigenvalue weighted by Gasteiger charge is -2.02. The Morgan fingerprint density at radius 2 is 1.29 bits per heavy atom. The van der Waals surface area contributed by atoms with Crippen LogP contribution < -0.4 is 0 Å². The minimum absolute atomic E-state index is 1.11. The Bertz CT molecular complexity index is 403. The third kappa shape index (κ3) is 4.66. The Morgan fingerprint density at radius 3 is 1.82 bits per heavy atom. The number of aryl methyl sites for hydroxylation is 1. The first kappa shape index (κ1) is 13.9. The van der Waals surface area contributed by atoms with Crippen molar-refractivity contribution in [2.75, 3.05) is 0 Å². The van der Waals surface area contributed by atoms with Gasteiger partial charge in [-0.1, -0.05) is 62.9 Å². The van der Waals surface area contributed by atoms with Crippen molar-refractivity contribution < 1.29 is 0 Å². The van der Waals surface area contributed by atoms with Gasteiger partial charge in [-0.15, -0.1) is 0 Å². The molecule has 0 N–H and O–H groups in total. The maximum atomic E-state index is 2.20. The predicted molar refractivity (Wildman–Crippen MR) is 77.7 cm³/mol. The average Bonchev–Trinajstić information content (AvgIpc) is 2.43. The number of benzene rings is 2. The van der Waals surface area contributed by atoms with Crippen molar-refractivity contribution in [3.05, 3.63) is 60.2 Å². The van der Waals surface area contributed by atoms with E-state index in [1.54, 1.807) is 11.8 Å². The molecule has 0 saturated carbocycles. The van der Waals surface area contributed by atoms with Gasteiger partial charge in [-0.25, -0.2) is 0 Å². The molecule has 2 aromatic carbocycles. The maximum Gasteiger partial charge on any atom is 0.0122 e. The van der Waals surface area contributed by atoms with Crippen LogP contribution in [0, 0.1) is 0 Å². The molecule has 0 heterocycles. The zero-order chi connectivity index (χ0) is 12.5. The van der Waals surface area contributed by atoms with E-state index >= 15 is 0 Å². The van der Waals surface area contributed by atoms with E-state index < -0.39 is 0 Å². The summed E-state index contributed by atoms with van der Waals surface area (Å²) < 4.78 is 0. The summed E-state index contributed by atoms with van der Waals surface area (Å²) in [6.45, 7) is 6.18. The second-order valence-corrected chi connectivity index (χ2v) is 4.56. The topological polar surface area (TPSA) is 0 Å². The molecule has 0 radical (unpaired) electrons. The van der Waals surface area contributed by atoms with E-state index in [4.69, 9.17) is 0 Å². The van der Waals surface area contributed by atoms with Crippen LogP contribution in [0.3, 0.4) is 0 Å². The van der Waals surface area contributed by atoms with Crippen LogP contribution in [0.5, 0.6) is 0 Å². The fourth-order valence-corrected chi connectivity index (χ4v) is 2.26. The molecule has 0 aromatic heterocycles. The highest BCUT2D eigenvalue weighted by molar-refractivity contribution is 7.99. The molecular weight excluding hydrogens is 224 g/mol. The van der Waals surface area contributed by atoms with Crippen LogP contribution in [-0.2, 0) is 6.42 Å². The van der Waals surface area contributed by atoms with Gasteiger partial charge in [0.15, 0.2) is 0 Å². The second kappa shape index (κ2) is 7.97. The van der Waals surface area contributed by atoms with Gasteiger partial charge in [0, 0.05) is 9.79 Å². The molecule has 0 saturated heterocycles. The molecule has 0 aliphatic carbocycles. The molecule has 17 heavy (non-hydrogen) atoms. The summed E-state index contributed by atoms with van der Waals surface area (Å²) in [5.74, 6) is 0. The Hall–Kier alpha value is -1.21. The lowest BCUT2D eigenvalue weighted by molar-refractivity contribution is 1.13. The van der Waals surface area contributed by atoms with Crippen LogP contribution in [0.2, 0.25) is 0 Å². The molecule has 0 amide bonds. The van der Waals surface area contributed by atoms with Crippen molar-refractivity contribution in [2.45, 2.75) is 37.0 Å². The Kier molecular flexibility index (Phi) is 6.49. The lowest BCUT2D eigenvalue weighted by atomic mass is 10.2. The molecule has 0 nitrogen and oxygen atoms in total. The summed E-state index contributed by atoms with van der Waals surface area (Å²) in [6, 6.07) is 19.2. The van der Waals surface area contributed by atoms with Crippen LogP contribution in [-0.4, -0.2) is 0 Å². The van der Waals surface area contributed by atoms with Crippen molar-refractivity contribution in [3.8, 4) is 0 Å². The van der Waals surface area contributed by atoms with Gasteiger partial charge in [-0.3, -0.25) is 0 Å². The lowest BCUT2D eigenvalue weighted by Crippen LogP contribution is -1.78. The first-order valence-electron chi connectivity index (χ1n) is 6.20. The van der Waals surface area contributed by atoms with Gasteiger partial charge in [0.25, 0.3) is 0 Å². The first-order chi connectivity index (χ1) is 8.38. The first-order valence-corrected chi connectivity index (χ1v) is 7.02. The monoisotopic (exact) mass is 244 g/mol. The SMILES string of the molecule is CC.CCc1ccc(Sc2ccccc2)cc1. The Balaban J connectivity index is 0.000000686. The molecule has 0 aliphatic heterocycles. The highest BCUT2D eigenvalue weighted by Crippen LogP contribution is 2.27. The van der Waals surface area contributed by atoms with Crippen LogP contribution >= 0.6 is 11.8 Å². The van der Waals surface area contributed by atoms with E-state index in [0.717, 1.165) is 6.42 Å². The molecular formula is C16H20S. The Morgan fingerprint density at radius 1 is 0.765 bits per heavy atom. The van der Waals surface area contributed by atoms with Crippen molar-refractivity contribution in [1.82, 2.24) is 0 Å². The normalized spacial score (nSPS) is 9.35. The van der Waals surface area contributed by atoms with E-state index in [1.807, 2.05) is 19.9 Å². The molecule has 90 valence electrons. The molecule has 0 spiro atoms. The third-order valence-corrected chi connectivity index (χ3v) is 3.33. The fourth-order valence-electron chi connectivity index (χ4n) is 1.42. The van der Waals surface area contributed by atoms with Gasteiger partial charge >= 0.3 is 0 Å². The fraction of sp³-hybridized carbons (Fsp3) is 0.250. The number of hydrogen-bond donors (Lipinski definition) is 0. The average molecular weight is 244 g/mol. The van der Waals surface area contributed by atoms with Gasteiger partial charge in [0.2, 0.25) is 0 Å². The predicted octanol–water partition coefficient (Wildman–Crippen LogP) is 5.43. The Labute approximate surface area is 109 Å². The van der Waals surface area contributed by atoms with Gasteiger partial charge in [-0.2, -0.15) is 0 Å². The quantitative estimate of drug-likeness (QED) is 0.694. The minimum atomic E-state index is 1.11. The molecule has 2 aromatic rings. The zero-order valence-corrected chi connectivity index (χ0v) is 11.6. The van der Waals surface area contributed by atoms with Crippen molar-refractivity contribution in [3.63, 3.8) is 0 Å². The molecule has 0 unspecified atom stereocenters. The van der Waals surface area contributed by atoms with Crippen LogP contribution in [0.4, 0.5) is 0 Å². The van der Waals surface area contributed by atoms with Crippen molar-refractivity contribution in [2.24, 2.45) is 0 Å². The summed E-state index contributed by atoms with van der Waals surface area (Å²) in [5.41, 5.74) is 1.40. The second-order valence-electron chi connectivity index (χ2n) is 3.41.